The van der Waals surface area contributed by atoms with E-state index in [0.717, 1.165) is 0 Å². The van der Waals surface area contributed by atoms with Gasteiger partial charge in [-0.2, -0.15) is 0 Å². The molecule has 0 aliphatic rings. The van der Waals surface area contributed by atoms with Crippen molar-refractivity contribution in [2.45, 2.75) is 13.5 Å². The molecule has 1 N–H and O–H groups in total. The van der Waals surface area contributed by atoms with E-state index in [2.05, 4.69) is 25.4 Å². The van der Waals surface area contributed by atoms with E-state index in [4.69, 9.17) is 16.1 Å². The summed E-state index contributed by atoms with van der Waals surface area (Å²) >= 11 is 6.26. The minimum atomic E-state index is -0.281. The Morgan fingerprint density at radius 1 is 1.14 bits per heavy atom. The number of aromatic nitrogens is 5. The number of benzene rings is 1. The Bertz CT molecular complexity index is 1140. The van der Waals surface area contributed by atoms with Gasteiger partial charge < -0.3 is 14.4 Å². The summed E-state index contributed by atoms with van der Waals surface area (Å²) in [5.41, 5.74) is 1.44. The molecule has 0 radical (unpaired) electrons. The molecule has 146 valence electrons. The molecule has 0 aliphatic carbocycles. The molecule has 4 aromatic rings. The van der Waals surface area contributed by atoms with Crippen LogP contribution < -0.4 is 5.32 Å². The van der Waals surface area contributed by atoms with Crippen LogP contribution in [0.2, 0.25) is 5.02 Å². The Labute approximate surface area is 171 Å². The Morgan fingerprint density at radius 3 is 2.72 bits per heavy atom. The van der Waals surface area contributed by atoms with Crippen LogP contribution in [0.3, 0.4) is 0 Å². The Kier molecular flexibility index (Phi) is 5.35. The number of halogens is 1. The number of hydrogen-bond donors (Lipinski definition) is 1. The second kappa shape index (κ2) is 8.24. The number of hydrogen-bond acceptors (Lipinski definition) is 6. The molecule has 0 fully saturated rings. The molecule has 1 aromatic carbocycles. The molecule has 0 bridgehead atoms. The number of nitrogens with one attached hydrogen (secondary N) is 1. The highest BCUT2D eigenvalue weighted by molar-refractivity contribution is 6.33. The van der Waals surface area contributed by atoms with Crippen LogP contribution in [0.25, 0.3) is 22.9 Å². The second-order valence-corrected chi connectivity index (χ2v) is 6.62. The number of imidazole rings is 1. The summed E-state index contributed by atoms with van der Waals surface area (Å²) in [5.74, 6) is 1.31. The third kappa shape index (κ3) is 3.88. The molecule has 0 saturated carbocycles. The van der Waals surface area contributed by atoms with Crippen LogP contribution in [-0.2, 0) is 6.54 Å². The molecule has 0 spiro atoms. The Hall–Kier alpha value is -3.52. The summed E-state index contributed by atoms with van der Waals surface area (Å²) in [7, 11) is 0. The van der Waals surface area contributed by atoms with E-state index in [1.165, 1.54) is 0 Å². The minimum absolute atomic E-state index is 0.281. The van der Waals surface area contributed by atoms with Crippen LogP contribution in [-0.4, -0.2) is 37.1 Å². The molecular formula is C20H17ClN6O2. The zero-order valence-electron chi connectivity index (χ0n) is 15.5. The fraction of sp³-hybridized carbons (Fsp3) is 0.150. The molecule has 0 saturated heterocycles. The molecular weight excluding hydrogens is 392 g/mol. The normalized spacial score (nSPS) is 10.8. The summed E-state index contributed by atoms with van der Waals surface area (Å²) < 4.78 is 7.13. The van der Waals surface area contributed by atoms with E-state index in [-0.39, 0.29) is 5.91 Å². The van der Waals surface area contributed by atoms with Gasteiger partial charge in [0.15, 0.2) is 11.6 Å². The first-order valence-electron chi connectivity index (χ1n) is 8.93. The third-order valence-corrected chi connectivity index (χ3v) is 4.67. The molecule has 4 rings (SSSR count). The summed E-state index contributed by atoms with van der Waals surface area (Å²) in [6.45, 7) is 2.58. The van der Waals surface area contributed by atoms with Gasteiger partial charge in [0.1, 0.15) is 17.0 Å². The van der Waals surface area contributed by atoms with E-state index >= 15 is 0 Å². The lowest BCUT2D eigenvalue weighted by Gasteiger charge is -2.09. The Balaban J connectivity index is 1.48. The van der Waals surface area contributed by atoms with E-state index in [9.17, 15) is 4.79 Å². The highest BCUT2D eigenvalue weighted by Crippen LogP contribution is 2.30. The van der Waals surface area contributed by atoms with E-state index < -0.39 is 0 Å². The predicted molar refractivity (Wildman–Crippen MR) is 107 cm³/mol. The fourth-order valence-corrected chi connectivity index (χ4v) is 3.19. The fourth-order valence-electron chi connectivity index (χ4n) is 2.97. The number of carbonyl (C=O) groups excluding carboxylic acids is 1. The third-order valence-electron chi connectivity index (χ3n) is 4.34. The number of carbonyl (C=O) groups is 1. The van der Waals surface area contributed by atoms with Crippen LogP contribution in [0.5, 0.6) is 0 Å². The van der Waals surface area contributed by atoms with E-state index in [1.54, 1.807) is 43.7 Å². The van der Waals surface area contributed by atoms with E-state index in [0.29, 0.717) is 52.3 Å². The minimum Gasteiger partial charge on any atom is -0.360 e. The number of amides is 1. The molecule has 9 heteroatoms. The Morgan fingerprint density at radius 2 is 1.93 bits per heavy atom. The lowest BCUT2D eigenvalue weighted by molar-refractivity contribution is 0.0951. The maximum absolute atomic E-state index is 12.8. The number of nitrogens with zero attached hydrogens (tertiary/aromatic N) is 5. The average molecular weight is 409 g/mol. The van der Waals surface area contributed by atoms with Crippen molar-refractivity contribution < 1.29 is 9.32 Å². The number of rotatable bonds is 6. The lowest BCUT2D eigenvalue weighted by atomic mass is 10.1. The van der Waals surface area contributed by atoms with Crippen molar-refractivity contribution in [1.29, 1.82) is 0 Å². The van der Waals surface area contributed by atoms with Gasteiger partial charge in [-0.1, -0.05) is 35.0 Å². The van der Waals surface area contributed by atoms with Gasteiger partial charge in [-0.3, -0.25) is 4.79 Å². The monoisotopic (exact) mass is 408 g/mol. The molecule has 0 unspecified atom stereocenters. The largest absolute Gasteiger partial charge is 0.360 e. The molecule has 3 heterocycles. The summed E-state index contributed by atoms with van der Waals surface area (Å²) in [6.07, 6.45) is 6.81. The van der Waals surface area contributed by atoms with Gasteiger partial charge in [0.05, 0.1) is 5.02 Å². The average Bonchev–Trinajstić information content (AvgIpc) is 3.35. The first-order chi connectivity index (χ1) is 14.1. The molecule has 1 amide bonds. The molecule has 0 aliphatic heterocycles. The standard InChI is InChI=1S/C20H17ClN6O2/c1-13-16(17(26-29-13)14-5-2-3-6-15(14)21)20(28)25-10-12-27-11-9-24-19(27)18-22-7-4-8-23-18/h2-9,11H,10,12H2,1H3,(H,25,28). The highest BCUT2D eigenvalue weighted by atomic mass is 35.5. The van der Waals surface area contributed by atoms with Gasteiger partial charge in [-0.05, 0) is 19.1 Å². The van der Waals surface area contributed by atoms with Gasteiger partial charge in [0.25, 0.3) is 5.91 Å². The van der Waals surface area contributed by atoms with Gasteiger partial charge >= 0.3 is 0 Å². The molecule has 8 nitrogen and oxygen atoms in total. The maximum atomic E-state index is 12.8. The number of aryl methyl sites for hydroxylation is 1. The zero-order valence-corrected chi connectivity index (χ0v) is 16.3. The van der Waals surface area contributed by atoms with Crippen LogP contribution >= 0.6 is 11.6 Å². The topological polar surface area (TPSA) is 98.7 Å². The second-order valence-electron chi connectivity index (χ2n) is 6.21. The van der Waals surface area contributed by atoms with Gasteiger partial charge in [0, 0.05) is 43.4 Å². The SMILES string of the molecule is Cc1onc(-c2ccccc2Cl)c1C(=O)NCCn1ccnc1-c1ncccn1. The quantitative estimate of drug-likeness (QED) is 0.525. The van der Waals surface area contributed by atoms with Crippen LogP contribution in [0.1, 0.15) is 16.1 Å². The van der Waals surface area contributed by atoms with Crippen molar-refractivity contribution in [3.8, 4) is 22.9 Å². The van der Waals surface area contributed by atoms with Crippen molar-refractivity contribution in [2.24, 2.45) is 0 Å². The lowest BCUT2D eigenvalue weighted by Crippen LogP contribution is -2.28. The summed E-state index contributed by atoms with van der Waals surface area (Å²) in [5, 5.41) is 7.43. The van der Waals surface area contributed by atoms with Crippen LogP contribution in [0.4, 0.5) is 0 Å². The van der Waals surface area contributed by atoms with Crippen molar-refractivity contribution in [3.63, 3.8) is 0 Å². The highest BCUT2D eigenvalue weighted by Gasteiger charge is 2.22. The van der Waals surface area contributed by atoms with Crippen LogP contribution in [0.15, 0.2) is 59.6 Å². The first kappa shape index (κ1) is 18.8. The first-order valence-corrected chi connectivity index (χ1v) is 9.31. The van der Waals surface area contributed by atoms with Crippen molar-refractivity contribution >= 4 is 17.5 Å². The predicted octanol–water partition coefficient (Wildman–Crippen LogP) is 3.39. The smallest absolute Gasteiger partial charge is 0.257 e. The summed E-state index contributed by atoms with van der Waals surface area (Å²) in [6, 6.07) is 8.94. The van der Waals surface area contributed by atoms with E-state index in [1.807, 2.05) is 22.9 Å². The van der Waals surface area contributed by atoms with Crippen molar-refractivity contribution in [3.05, 3.63) is 71.5 Å². The van der Waals surface area contributed by atoms with Crippen LogP contribution in [0, 0.1) is 6.92 Å². The van der Waals surface area contributed by atoms with Crippen molar-refractivity contribution in [2.75, 3.05) is 6.54 Å². The van der Waals surface area contributed by atoms with Gasteiger partial charge in [0.2, 0.25) is 0 Å². The van der Waals surface area contributed by atoms with Gasteiger partial charge in [-0.25, -0.2) is 15.0 Å². The molecule has 0 atom stereocenters. The summed E-state index contributed by atoms with van der Waals surface area (Å²) in [4.78, 5) is 25.5. The van der Waals surface area contributed by atoms with Crippen molar-refractivity contribution in [1.82, 2.24) is 30.0 Å². The maximum Gasteiger partial charge on any atom is 0.257 e. The van der Waals surface area contributed by atoms with Gasteiger partial charge in [-0.15, -0.1) is 0 Å². The molecule has 3 aromatic heterocycles. The zero-order chi connectivity index (χ0) is 20.2. The molecule has 29 heavy (non-hydrogen) atoms.